The van der Waals surface area contributed by atoms with Gasteiger partial charge in [-0.25, -0.2) is 0 Å². The lowest BCUT2D eigenvalue weighted by molar-refractivity contribution is 0.0534. The molecule has 0 unspecified atom stereocenters. The Balaban J connectivity index is 1.84. The number of hydrogen-bond acceptors (Lipinski definition) is 3. The zero-order valence-electron chi connectivity index (χ0n) is 14.3. The Labute approximate surface area is 135 Å². The molecule has 22 heavy (non-hydrogen) atoms. The van der Waals surface area contributed by atoms with Crippen LogP contribution < -0.4 is 4.74 Å². The number of nitrogens with zero attached hydrogens (tertiary/aromatic N) is 1. The first-order valence-electron chi connectivity index (χ1n) is 8.72. The number of β-amino-alcohol motifs (C(OH)–C–C–N with tert-alkyl or cyclic N) is 1. The number of rotatable bonds is 7. The minimum absolute atomic E-state index is 0.373. The molecule has 124 valence electrons. The predicted molar refractivity (Wildman–Crippen MR) is 91.5 cm³/mol. The number of likely N-dealkylation sites (tertiary alicyclic amines) is 1. The molecule has 1 fully saturated rings. The molecular weight excluding hydrogens is 274 g/mol. The number of aliphatic hydroxyl groups is 1. The van der Waals surface area contributed by atoms with Gasteiger partial charge in [-0.2, -0.15) is 0 Å². The number of aliphatic hydroxyl groups excluding tert-OH is 1. The maximum absolute atomic E-state index is 10.3. The van der Waals surface area contributed by atoms with Gasteiger partial charge in [-0.3, -0.25) is 0 Å². The molecule has 1 N–H and O–H groups in total. The average Bonchev–Trinajstić information content (AvgIpc) is 2.52. The van der Waals surface area contributed by atoms with Gasteiger partial charge >= 0.3 is 0 Å². The van der Waals surface area contributed by atoms with Crippen molar-refractivity contribution in [3.05, 3.63) is 29.8 Å². The lowest BCUT2D eigenvalue weighted by Crippen LogP contribution is -2.41. The summed E-state index contributed by atoms with van der Waals surface area (Å²) in [6, 6.07) is 8.19. The molecule has 0 aromatic heterocycles. The van der Waals surface area contributed by atoms with Gasteiger partial charge in [-0.15, -0.1) is 0 Å². The van der Waals surface area contributed by atoms with E-state index in [0.29, 0.717) is 12.5 Å². The van der Waals surface area contributed by atoms with Crippen molar-refractivity contribution in [1.82, 2.24) is 4.90 Å². The second kappa shape index (κ2) is 8.54. The second-order valence-electron chi connectivity index (χ2n) is 6.82. The summed E-state index contributed by atoms with van der Waals surface area (Å²) in [5.41, 5.74) is 1.24. The lowest BCUT2D eigenvalue weighted by Gasteiger charge is -2.32. The first-order chi connectivity index (χ1) is 10.6. The highest BCUT2D eigenvalue weighted by molar-refractivity contribution is 5.35. The van der Waals surface area contributed by atoms with Crippen LogP contribution in [0.25, 0.3) is 0 Å². The summed E-state index contributed by atoms with van der Waals surface area (Å²) in [6.45, 7) is 9.98. The number of benzene rings is 1. The predicted octanol–water partition coefficient (Wildman–Crippen LogP) is 3.67. The summed E-state index contributed by atoms with van der Waals surface area (Å²) in [6.07, 6.45) is 3.22. The molecule has 3 heteroatoms. The van der Waals surface area contributed by atoms with E-state index in [1.807, 2.05) is 12.1 Å². The SMILES string of the molecule is CC[C@H](C)c1ccccc1OC[C@H](O)CN1CCC[C@@H](C)C1. The fraction of sp³-hybridized carbons (Fsp3) is 0.684. The molecule has 2 rings (SSSR count). The lowest BCUT2D eigenvalue weighted by atomic mass is 9.98. The third-order valence-corrected chi connectivity index (χ3v) is 4.70. The van der Waals surface area contributed by atoms with E-state index < -0.39 is 6.10 Å². The van der Waals surface area contributed by atoms with E-state index in [4.69, 9.17) is 4.74 Å². The van der Waals surface area contributed by atoms with Crippen molar-refractivity contribution in [3.8, 4) is 5.75 Å². The Kier molecular flexibility index (Phi) is 6.71. The fourth-order valence-corrected chi connectivity index (χ4v) is 3.23. The summed E-state index contributed by atoms with van der Waals surface area (Å²) >= 11 is 0. The van der Waals surface area contributed by atoms with E-state index in [9.17, 15) is 5.11 Å². The smallest absolute Gasteiger partial charge is 0.122 e. The standard InChI is InChI=1S/C19H31NO2/c1-4-16(3)18-9-5-6-10-19(18)22-14-17(21)13-20-11-7-8-15(2)12-20/h5-6,9-10,15-17,21H,4,7-8,11-14H2,1-3H3/t15-,16+,17-/m1/s1. The van der Waals surface area contributed by atoms with E-state index in [-0.39, 0.29) is 0 Å². The molecule has 0 radical (unpaired) electrons. The minimum Gasteiger partial charge on any atom is -0.491 e. The molecule has 1 aromatic carbocycles. The first-order valence-corrected chi connectivity index (χ1v) is 8.72. The van der Waals surface area contributed by atoms with Crippen molar-refractivity contribution in [1.29, 1.82) is 0 Å². The van der Waals surface area contributed by atoms with E-state index in [0.717, 1.165) is 37.7 Å². The maximum atomic E-state index is 10.3. The molecule has 1 heterocycles. The summed E-state index contributed by atoms with van der Waals surface area (Å²) in [5, 5.41) is 10.3. The molecule has 3 atom stereocenters. The van der Waals surface area contributed by atoms with Crippen LogP contribution in [0, 0.1) is 5.92 Å². The van der Waals surface area contributed by atoms with Gasteiger partial charge in [0.05, 0.1) is 0 Å². The van der Waals surface area contributed by atoms with Crippen molar-refractivity contribution in [3.63, 3.8) is 0 Å². The van der Waals surface area contributed by atoms with Crippen molar-refractivity contribution in [2.24, 2.45) is 5.92 Å². The van der Waals surface area contributed by atoms with Gasteiger partial charge in [0.2, 0.25) is 0 Å². The molecule has 3 nitrogen and oxygen atoms in total. The Bertz CT molecular complexity index is 449. The Morgan fingerprint density at radius 2 is 2.14 bits per heavy atom. The van der Waals surface area contributed by atoms with E-state index in [1.54, 1.807) is 0 Å². The number of hydrogen-bond donors (Lipinski definition) is 1. The van der Waals surface area contributed by atoms with Gasteiger partial charge in [0, 0.05) is 13.1 Å². The highest BCUT2D eigenvalue weighted by Gasteiger charge is 2.19. The van der Waals surface area contributed by atoms with Gasteiger partial charge in [-0.05, 0) is 49.3 Å². The van der Waals surface area contributed by atoms with E-state index >= 15 is 0 Å². The molecule has 1 saturated heterocycles. The van der Waals surface area contributed by atoms with Crippen molar-refractivity contribution >= 4 is 0 Å². The molecule has 0 aliphatic carbocycles. The normalized spacial score (nSPS) is 22.3. The van der Waals surface area contributed by atoms with Crippen LogP contribution >= 0.6 is 0 Å². The van der Waals surface area contributed by atoms with Crippen molar-refractivity contribution < 1.29 is 9.84 Å². The van der Waals surface area contributed by atoms with Crippen LogP contribution in [-0.4, -0.2) is 42.4 Å². The van der Waals surface area contributed by atoms with E-state index in [2.05, 4.69) is 37.8 Å². The zero-order valence-corrected chi connectivity index (χ0v) is 14.3. The molecule has 1 aliphatic rings. The number of para-hydroxylation sites is 1. The molecule has 1 aliphatic heterocycles. The quantitative estimate of drug-likeness (QED) is 0.834. The van der Waals surface area contributed by atoms with Gasteiger partial charge in [0.15, 0.2) is 0 Å². The van der Waals surface area contributed by atoms with E-state index in [1.165, 1.54) is 18.4 Å². The Morgan fingerprint density at radius 3 is 2.86 bits per heavy atom. The summed E-state index contributed by atoms with van der Waals surface area (Å²) in [5.74, 6) is 2.15. The Morgan fingerprint density at radius 1 is 1.36 bits per heavy atom. The largest absolute Gasteiger partial charge is 0.491 e. The van der Waals surface area contributed by atoms with Crippen molar-refractivity contribution in [2.75, 3.05) is 26.2 Å². The third kappa shape index (κ3) is 4.99. The summed E-state index contributed by atoms with van der Waals surface area (Å²) < 4.78 is 5.91. The van der Waals surface area contributed by atoms with Gasteiger partial charge < -0.3 is 14.7 Å². The first kappa shape index (κ1) is 17.3. The molecular formula is C19H31NO2. The van der Waals surface area contributed by atoms with Gasteiger partial charge in [0.25, 0.3) is 0 Å². The number of ether oxygens (including phenoxy) is 1. The monoisotopic (exact) mass is 305 g/mol. The second-order valence-corrected chi connectivity index (χ2v) is 6.82. The number of piperidine rings is 1. The molecule has 0 amide bonds. The van der Waals surface area contributed by atoms with Crippen LogP contribution in [0.2, 0.25) is 0 Å². The maximum Gasteiger partial charge on any atom is 0.122 e. The van der Waals surface area contributed by atoms with Gasteiger partial charge in [0.1, 0.15) is 18.5 Å². The highest BCUT2D eigenvalue weighted by atomic mass is 16.5. The fourth-order valence-electron chi connectivity index (χ4n) is 3.23. The van der Waals surface area contributed by atoms with Crippen molar-refractivity contribution in [2.45, 2.75) is 52.1 Å². The third-order valence-electron chi connectivity index (χ3n) is 4.70. The van der Waals surface area contributed by atoms with Crippen LogP contribution in [0.5, 0.6) is 5.75 Å². The zero-order chi connectivity index (χ0) is 15.9. The van der Waals surface area contributed by atoms with Gasteiger partial charge in [-0.1, -0.05) is 39.0 Å². The summed E-state index contributed by atoms with van der Waals surface area (Å²) in [7, 11) is 0. The average molecular weight is 305 g/mol. The van der Waals surface area contributed by atoms with Crippen LogP contribution in [0.1, 0.15) is 51.5 Å². The van der Waals surface area contributed by atoms with Crippen LogP contribution in [-0.2, 0) is 0 Å². The molecule has 0 bridgehead atoms. The molecule has 0 saturated carbocycles. The highest BCUT2D eigenvalue weighted by Crippen LogP contribution is 2.28. The summed E-state index contributed by atoms with van der Waals surface area (Å²) in [4.78, 5) is 2.36. The topological polar surface area (TPSA) is 32.7 Å². The molecule has 0 spiro atoms. The van der Waals surface area contributed by atoms with Crippen LogP contribution in [0.4, 0.5) is 0 Å². The molecule has 1 aromatic rings. The Hall–Kier alpha value is -1.06. The minimum atomic E-state index is -0.421. The van der Waals surface area contributed by atoms with Crippen LogP contribution in [0.15, 0.2) is 24.3 Å². The van der Waals surface area contributed by atoms with Crippen LogP contribution in [0.3, 0.4) is 0 Å².